The van der Waals surface area contributed by atoms with Gasteiger partial charge in [-0.3, -0.25) is 14.9 Å². The Labute approximate surface area is 136 Å². The first-order valence-corrected chi connectivity index (χ1v) is 6.91. The zero-order chi connectivity index (χ0) is 17.0. The molecule has 1 N–H and O–H groups in total. The number of carbonyl (C=O) groups excluding carboxylic acids is 1. The highest BCUT2D eigenvalue weighted by Crippen LogP contribution is 2.30. The number of amides is 1. The van der Waals surface area contributed by atoms with E-state index in [9.17, 15) is 19.3 Å². The zero-order valence-electron chi connectivity index (χ0n) is 12.0. The molecule has 23 heavy (non-hydrogen) atoms. The Hall–Kier alpha value is -2.67. The maximum atomic E-state index is 12.8. The van der Waals surface area contributed by atoms with Gasteiger partial charge in [0, 0.05) is 16.8 Å². The highest BCUT2D eigenvalue weighted by molar-refractivity contribution is 6.30. The molecule has 0 aliphatic carbocycles. The molecule has 0 aliphatic rings. The molecule has 1 amide bonds. The number of carbonyl (C=O) groups is 1. The minimum Gasteiger partial charge on any atom is -0.474 e. The van der Waals surface area contributed by atoms with Gasteiger partial charge < -0.3 is 10.1 Å². The Bertz CT molecular complexity index is 737. The number of anilines is 1. The van der Waals surface area contributed by atoms with Crippen LogP contribution in [0.4, 0.5) is 15.8 Å². The topological polar surface area (TPSA) is 81.5 Å². The van der Waals surface area contributed by atoms with Crippen molar-refractivity contribution >= 4 is 28.9 Å². The van der Waals surface area contributed by atoms with Crippen LogP contribution in [0.15, 0.2) is 42.5 Å². The molecule has 0 bridgehead atoms. The number of hydrogen-bond acceptors (Lipinski definition) is 4. The molecular weight excluding hydrogens is 327 g/mol. The Morgan fingerprint density at radius 1 is 1.30 bits per heavy atom. The van der Waals surface area contributed by atoms with Crippen molar-refractivity contribution < 1.29 is 18.8 Å². The third-order valence-electron chi connectivity index (χ3n) is 2.90. The standard InChI is InChI=1S/C15H12ClFN2O4/c1-9(15(20)18-12-5-3-11(17)4-6-12)23-14-7-2-10(16)8-13(14)19(21)22/h2-9H,1H3,(H,18,20)/t9-/m1/s1. The summed E-state index contributed by atoms with van der Waals surface area (Å²) in [5.74, 6) is -1.02. The van der Waals surface area contributed by atoms with Gasteiger partial charge in [0.05, 0.1) is 4.92 Å². The summed E-state index contributed by atoms with van der Waals surface area (Å²) in [5, 5.41) is 13.7. The lowest BCUT2D eigenvalue weighted by Gasteiger charge is -2.14. The summed E-state index contributed by atoms with van der Waals surface area (Å²) in [7, 11) is 0. The quantitative estimate of drug-likeness (QED) is 0.664. The van der Waals surface area contributed by atoms with Gasteiger partial charge in [-0.2, -0.15) is 0 Å². The lowest BCUT2D eigenvalue weighted by molar-refractivity contribution is -0.386. The smallest absolute Gasteiger partial charge is 0.312 e. The summed E-state index contributed by atoms with van der Waals surface area (Å²) in [6, 6.07) is 9.07. The normalized spacial score (nSPS) is 11.6. The highest BCUT2D eigenvalue weighted by Gasteiger charge is 2.21. The average molecular weight is 339 g/mol. The number of rotatable bonds is 5. The second kappa shape index (κ2) is 7.06. The molecule has 2 aromatic rings. The van der Waals surface area contributed by atoms with Crippen molar-refractivity contribution in [2.75, 3.05) is 5.32 Å². The molecular formula is C15H12ClFN2O4. The molecule has 2 aromatic carbocycles. The third kappa shape index (κ3) is 4.40. The van der Waals surface area contributed by atoms with E-state index in [2.05, 4.69) is 5.32 Å². The van der Waals surface area contributed by atoms with E-state index in [0.29, 0.717) is 5.69 Å². The number of nitro groups is 1. The SMILES string of the molecule is C[C@@H](Oc1ccc(Cl)cc1[N+](=O)[O-])C(=O)Nc1ccc(F)cc1. The lowest BCUT2D eigenvalue weighted by Crippen LogP contribution is -2.30. The van der Waals surface area contributed by atoms with Gasteiger partial charge in [0.25, 0.3) is 5.91 Å². The van der Waals surface area contributed by atoms with Crippen molar-refractivity contribution in [3.63, 3.8) is 0 Å². The number of nitro benzene ring substituents is 1. The molecule has 6 nitrogen and oxygen atoms in total. The van der Waals surface area contributed by atoms with Gasteiger partial charge in [0.2, 0.25) is 0 Å². The Kier molecular flexibility index (Phi) is 5.13. The van der Waals surface area contributed by atoms with E-state index >= 15 is 0 Å². The van der Waals surface area contributed by atoms with Crippen molar-refractivity contribution in [2.24, 2.45) is 0 Å². The monoisotopic (exact) mass is 338 g/mol. The molecule has 8 heteroatoms. The summed E-state index contributed by atoms with van der Waals surface area (Å²) < 4.78 is 18.1. The fourth-order valence-corrected chi connectivity index (χ4v) is 1.92. The van der Waals surface area contributed by atoms with Crippen LogP contribution in [0.1, 0.15) is 6.92 Å². The van der Waals surface area contributed by atoms with Crippen LogP contribution in [0, 0.1) is 15.9 Å². The number of hydrogen-bond donors (Lipinski definition) is 1. The van der Waals surface area contributed by atoms with Crippen LogP contribution in [0.3, 0.4) is 0 Å². The second-order valence-electron chi connectivity index (χ2n) is 4.63. The van der Waals surface area contributed by atoms with Gasteiger partial charge in [0.15, 0.2) is 11.9 Å². The van der Waals surface area contributed by atoms with Crippen LogP contribution in [-0.2, 0) is 4.79 Å². The van der Waals surface area contributed by atoms with Gasteiger partial charge in [-0.15, -0.1) is 0 Å². The molecule has 0 saturated heterocycles. The van der Waals surface area contributed by atoms with Gasteiger partial charge in [-0.05, 0) is 43.3 Å². The number of nitrogens with one attached hydrogen (secondary N) is 1. The maximum absolute atomic E-state index is 12.8. The third-order valence-corrected chi connectivity index (χ3v) is 3.14. The molecule has 0 aromatic heterocycles. The van der Waals surface area contributed by atoms with E-state index in [1.54, 1.807) is 0 Å². The predicted molar refractivity (Wildman–Crippen MR) is 83.2 cm³/mol. The fourth-order valence-electron chi connectivity index (χ4n) is 1.75. The Morgan fingerprint density at radius 3 is 2.57 bits per heavy atom. The highest BCUT2D eigenvalue weighted by atomic mass is 35.5. The second-order valence-corrected chi connectivity index (χ2v) is 5.06. The summed E-state index contributed by atoms with van der Waals surface area (Å²) in [6.45, 7) is 1.44. The first kappa shape index (κ1) is 16.7. The molecule has 0 radical (unpaired) electrons. The van der Waals surface area contributed by atoms with Crippen molar-refractivity contribution in [2.45, 2.75) is 13.0 Å². The molecule has 0 spiro atoms. The van der Waals surface area contributed by atoms with Crippen LogP contribution < -0.4 is 10.1 Å². The number of benzene rings is 2. The van der Waals surface area contributed by atoms with Gasteiger partial charge >= 0.3 is 5.69 Å². The largest absolute Gasteiger partial charge is 0.474 e. The van der Waals surface area contributed by atoms with Crippen LogP contribution in [0.25, 0.3) is 0 Å². The number of ether oxygens (including phenoxy) is 1. The van der Waals surface area contributed by atoms with E-state index in [1.165, 1.54) is 43.3 Å². The van der Waals surface area contributed by atoms with Crippen LogP contribution in [0.5, 0.6) is 5.75 Å². The minimum atomic E-state index is -1.00. The average Bonchev–Trinajstić information content (AvgIpc) is 2.51. The van der Waals surface area contributed by atoms with E-state index in [-0.39, 0.29) is 16.5 Å². The van der Waals surface area contributed by atoms with Crippen molar-refractivity contribution in [1.82, 2.24) is 0 Å². The van der Waals surface area contributed by atoms with Crippen LogP contribution in [-0.4, -0.2) is 16.9 Å². The molecule has 0 fully saturated rings. The fraction of sp³-hybridized carbons (Fsp3) is 0.133. The summed E-state index contributed by atoms with van der Waals surface area (Å²) >= 11 is 5.71. The molecule has 0 saturated carbocycles. The molecule has 1 atom stereocenters. The van der Waals surface area contributed by atoms with Crippen molar-refractivity contribution in [3.05, 3.63) is 63.4 Å². The summed E-state index contributed by atoms with van der Waals surface area (Å²) in [6.07, 6.45) is -1.00. The van der Waals surface area contributed by atoms with E-state index < -0.39 is 22.8 Å². The summed E-state index contributed by atoms with van der Waals surface area (Å²) in [5.41, 5.74) is 0.0522. The molecule has 2 rings (SSSR count). The number of nitrogens with zero attached hydrogens (tertiary/aromatic N) is 1. The first-order valence-electron chi connectivity index (χ1n) is 6.54. The van der Waals surface area contributed by atoms with E-state index in [4.69, 9.17) is 16.3 Å². The summed E-state index contributed by atoms with van der Waals surface area (Å²) in [4.78, 5) is 22.4. The Morgan fingerprint density at radius 2 is 1.96 bits per heavy atom. The minimum absolute atomic E-state index is 0.0684. The van der Waals surface area contributed by atoms with Gasteiger partial charge in [0.1, 0.15) is 5.82 Å². The van der Waals surface area contributed by atoms with Gasteiger partial charge in [-0.1, -0.05) is 11.6 Å². The van der Waals surface area contributed by atoms with Crippen molar-refractivity contribution in [3.8, 4) is 5.75 Å². The van der Waals surface area contributed by atoms with Crippen LogP contribution >= 0.6 is 11.6 Å². The molecule has 0 unspecified atom stereocenters. The molecule has 0 heterocycles. The van der Waals surface area contributed by atoms with E-state index in [1.807, 2.05) is 0 Å². The first-order chi connectivity index (χ1) is 10.9. The number of halogens is 2. The predicted octanol–water partition coefficient (Wildman–Crippen LogP) is 3.79. The van der Waals surface area contributed by atoms with Gasteiger partial charge in [-0.25, -0.2) is 4.39 Å². The Balaban J connectivity index is 2.09. The zero-order valence-corrected chi connectivity index (χ0v) is 12.7. The lowest BCUT2D eigenvalue weighted by atomic mass is 10.2. The molecule has 0 aliphatic heterocycles. The van der Waals surface area contributed by atoms with E-state index in [0.717, 1.165) is 6.07 Å². The van der Waals surface area contributed by atoms with Crippen LogP contribution in [0.2, 0.25) is 5.02 Å². The van der Waals surface area contributed by atoms with Crippen molar-refractivity contribution in [1.29, 1.82) is 0 Å². The maximum Gasteiger partial charge on any atom is 0.312 e. The molecule has 120 valence electrons.